The van der Waals surface area contributed by atoms with E-state index in [0.29, 0.717) is 0 Å². The van der Waals surface area contributed by atoms with Crippen LogP contribution in [0.1, 0.15) is 18.9 Å². The van der Waals surface area contributed by atoms with Crippen LogP contribution in [0.25, 0.3) is 0 Å². The van der Waals surface area contributed by atoms with Gasteiger partial charge in [-0.1, -0.05) is 12.1 Å². The molecule has 31 heavy (non-hydrogen) atoms. The molecule has 0 radical (unpaired) electrons. The number of hydrogen-bond donors (Lipinski definition) is 2. The van der Waals surface area contributed by atoms with Crippen LogP contribution in [0.15, 0.2) is 47.7 Å². The molecule has 0 unspecified atom stereocenters. The molecule has 3 rings (SSSR count). The Hall–Kier alpha value is -2.01. The van der Waals surface area contributed by atoms with Crippen molar-refractivity contribution in [2.75, 3.05) is 57.3 Å². The van der Waals surface area contributed by atoms with E-state index in [9.17, 15) is 4.39 Å². The zero-order chi connectivity index (χ0) is 21.0. The summed E-state index contributed by atoms with van der Waals surface area (Å²) in [5.41, 5.74) is 0.985. The van der Waals surface area contributed by atoms with Gasteiger partial charge >= 0.3 is 0 Å². The average Bonchev–Trinajstić information content (AvgIpc) is 2.78. The molecular weight excluding hydrogens is 508 g/mol. The lowest BCUT2D eigenvalue weighted by atomic mass is 10.1. The fraction of sp³-hybridized carbons (Fsp3) is 0.500. The van der Waals surface area contributed by atoms with Gasteiger partial charge in [0, 0.05) is 64.8 Å². The largest absolute Gasteiger partial charge is 0.357 e. The zero-order valence-corrected chi connectivity index (χ0v) is 20.5. The number of halogens is 2. The van der Waals surface area contributed by atoms with Crippen LogP contribution < -0.4 is 15.5 Å². The quantitative estimate of drug-likeness (QED) is 0.220. The summed E-state index contributed by atoms with van der Waals surface area (Å²) in [7, 11) is 0. The maximum Gasteiger partial charge on any atom is 0.225 e. The van der Waals surface area contributed by atoms with Gasteiger partial charge in [0.05, 0.1) is 0 Å². The van der Waals surface area contributed by atoms with Crippen molar-refractivity contribution in [3.8, 4) is 0 Å². The lowest BCUT2D eigenvalue weighted by Crippen LogP contribution is -2.47. The van der Waals surface area contributed by atoms with Gasteiger partial charge < -0.3 is 15.5 Å². The molecule has 7 nitrogen and oxygen atoms in total. The van der Waals surface area contributed by atoms with E-state index in [4.69, 9.17) is 0 Å². The van der Waals surface area contributed by atoms with Crippen LogP contribution in [0.5, 0.6) is 0 Å². The summed E-state index contributed by atoms with van der Waals surface area (Å²) in [4.78, 5) is 18.0. The number of anilines is 1. The molecule has 1 aromatic carbocycles. The summed E-state index contributed by atoms with van der Waals surface area (Å²) >= 11 is 0. The van der Waals surface area contributed by atoms with Gasteiger partial charge in [-0.05, 0) is 43.5 Å². The molecule has 1 fully saturated rings. The Morgan fingerprint density at radius 3 is 2.58 bits per heavy atom. The van der Waals surface area contributed by atoms with Crippen LogP contribution >= 0.6 is 24.0 Å². The van der Waals surface area contributed by atoms with Crippen molar-refractivity contribution in [3.05, 3.63) is 54.1 Å². The zero-order valence-electron chi connectivity index (χ0n) is 18.1. The molecule has 0 spiro atoms. The summed E-state index contributed by atoms with van der Waals surface area (Å²) < 4.78 is 13.3. The Balaban J connectivity index is 0.00000341. The minimum atomic E-state index is -0.190. The molecule has 0 bridgehead atoms. The summed E-state index contributed by atoms with van der Waals surface area (Å²) in [5, 5.41) is 6.61. The number of hydrogen-bond acceptors (Lipinski definition) is 5. The van der Waals surface area contributed by atoms with Crippen molar-refractivity contribution in [1.82, 2.24) is 25.5 Å². The van der Waals surface area contributed by atoms with Crippen molar-refractivity contribution in [3.63, 3.8) is 0 Å². The van der Waals surface area contributed by atoms with E-state index < -0.39 is 0 Å². The Morgan fingerprint density at radius 2 is 1.87 bits per heavy atom. The highest BCUT2D eigenvalue weighted by molar-refractivity contribution is 14.0. The van der Waals surface area contributed by atoms with Crippen molar-refractivity contribution in [1.29, 1.82) is 0 Å². The summed E-state index contributed by atoms with van der Waals surface area (Å²) in [6.07, 6.45) is 5.36. The maximum absolute atomic E-state index is 13.3. The molecule has 0 amide bonds. The fourth-order valence-electron chi connectivity index (χ4n) is 3.47. The molecule has 170 valence electrons. The van der Waals surface area contributed by atoms with Crippen molar-refractivity contribution < 1.29 is 4.39 Å². The number of piperazine rings is 1. The predicted octanol–water partition coefficient (Wildman–Crippen LogP) is 2.54. The summed E-state index contributed by atoms with van der Waals surface area (Å²) in [6.45, 7) is 9.36. The van der Waals surface area contributed by atoms with Crippen molar-refractivity contribution >= 4 is 35.9 Å². The molecule has 1 aliphatic rings. The molecule has 0 aliphatic carbocycles. The lowest BCUT2D eigenvalue weighted by Gasteiger charge is -2.34. The molecule has 1 saturated heterocycles. The first-order valence-corrected chi connectivity index (χ1v) is 10.8. The van der Waals surface area contributed by atoms with Gasteiger partial charge in [-0.15, -0.1) is 24.0 Å². The molecule has 2 N–H and O–H groups in total. The van der Waals surface area contributed by atoms with E-state index in [1.165, 1.54) is 6.07 Å². The molecule has 0 atom stereocenters. The van der Waals surface area contributed by atoms with Gasteiger partial charge in [0.25, 0.3) is 0 Å². The minimum absolute atomic E-state index is 0. The molecule has 0 saturated carbocycles. The molecule has 2 aromatic rings. The normalized spacial score (nSPS) is 14.8. The smallest absolute Gasteiger partial charge is 0.225 e. The van der Waals surface area contributed by atoms with Crippen molar-refractivity contribution in [2.45, 2.75) is 19.8 Å². The highest BCUT2D eigenvalue weighted by Gasteiger charge is 2.18. The van der Waals surface area contributed by atoms with Crippen molar-refractivity contribution in [2.24, 2.45) is 4.99 Å². The second-order valence-corrected chi connectivity index (χ2v) is 7.30. The second kappa shape index (κ2) is 14.1. The van der Waals surface area contributed by atoms with Gasteiger partial charge in [-0.2, -0.15) is 0 Å². The Bertz CT molecular complexity index is 782. The number of benzene rings is 1. The first-order valence-electron chi connectivity index (χ1n) is 10.8. The Labute approximate surface area is 201 Å². The van der Waals surface area contributed by atoms with E-state index in [0.717, 1.165) is 82.7 Å². The number of guanidine groups is 1. The minimum Gasteiger partial charge on any atom is -0.357 e. The van der Waals surface area contributed by atoms with Crippen LogP contribution in [0.3, 0.4) is 0 Å². The number of rotatable bonds is 9. The SMILES string of the molecule is CCNC(=NCCCN1CCN(c2ncccn2)CC1)NCCc1cccc(F)c1.I. The van der Waals surface area contributed by atoms with E-state index in [1.54, 1.807) is 24.5 Å². The molecule has 1 aromatic heterocycles. The van der Waals surface area contributed by atoms with Gasteiger partial charge in [0.1, 0.15) is 5.82 Å². The molecular formula is C22H33FIN7. The first-order chi connectivity index (χ1) is 14.7. The fourth-order valence-corrected chi connectivity index (χ4v) is 3.47. The Morgan fingerprint density at radius 1 is 1.10 bits per heavy atom. The number of aromatic nitrogens is 2. The first kappa shape index (κ1) is 25.3. The molecule has 9 heteroatoms. The summed E-state index contributed by atoms with van der Waals surface area (Å²) in [6, 6.07) is 8.58. The number of nitrogens with zero attached hydrogens (tertiary/aromatic N) is 5. The second-order valence-electron chi connectivity index (χ2n) is 7.30. The number of aliphatic imine (C=N–C) groups is 1. The third-order valence-corrected chi connectivity index (χ3v) is 5.05. The predicted molar refractivity (Wildman–Crippen MR) is 135 cm³/mol. The van der Waals surface area contributed by atoms with Gasteiger partial charge in [-0.3, -0.25) is 9.89 Å². The van der Waals surface area contributed by atoms with E-state index in [2.05, 4.69) is 42.3 Å². The van der Waals surface area contributed by atoms with E-state index in [-0.39, 0.29) is 29.8 Å². The topological polar surface area (TPSA) is 68.7 Å². The molecule has 1 aliphatic heterocycles. The Kier molecular flexibility index (Phi) is 11.5. The van der Waals surface area contributed by atoms with Crippen LogP contribution in [-0.2, 0) is 6.42 Å². The van der Waals surface area contributed by atoms with Gasteiger partial charge in [-0.25, -0.2) is 14.4 Å². The summed E-state index contributed by atoms with van der Waals surface area (Å²) in [5.74, 6) is 1.45. The third kappa shape index (κ3) is 8.94. The third-order valence-electron chi connectivity index (χ3n) is 5.05. The van der Waals surface area contributed by atoms with Gasteiger partial charge in [0.2, 0.25) is 5.95 Å². The highest BCUT2D eigenvalue weighted by Crippen LogP contribution is 2.09. The van der Waals surface area contributed by atoms with E-state index >= 15 is 0 Å². The highest BCUT2D eigenvalue weighted by atomic mass is 127. The number of nitrogens with one attached hydrogen (secondary N) is 2. The maximum atomic E-state index is 13.3. The van der Waals surface area contributed by atoms with Crippen LogP contribution in [0.2, 0.25) is 0 Å². The molecule has 2 heterocycles. The average molecular weight is 541 g/mol. The lowest BCUT2D eigenvalue weighted by molar-refractivity contribution is 0.255. The van der Waals surface area contributed by atoms with Crippen LogP contribution in [0, 0.1) is 5.82 Å². The monoisotopic (exact) mass is 541 g/mol. The van der Waals surface area contributed by atoms with Gasteiger partial charge in [0.15, 0.2) is 5.96 Å². The standard InChI is InChI=1S/C22H32FN7.HI/c1-2-24-21(26-12-8-19-6-3-7-20(23)18-19)25-11-5-13-29-14-16-30(17-15-29)22-27-9-4-10-28-22;/h3-4,6-7,9-10,18H,2,5,8,11-17H2,1H3,(H2,24,25,26);1H. The van der Waals surface area contributed by atoms with Crippen LogP contribution in [-0.4, -0.2) is 73.2 Å². The van der Waals surface area contributed by atoms with E-state index in [1.807, 2.05) is 12.1 Å². The van der Waals surface area contributed by atoms with Crippen LogP contribution in [0.4, 0.5) is 10.3 Å².